The van der Waals surface area contributed by atoms with Crippen LogP contribution >= 0.6 is 24.0 Å². The van der Waals surface area contributed by atoms with E-state index in [4.69, 9.17) is 0 Å². The summed E-state index contributed by atoms with van der Waals surface area (Å²) in [7, 11) is 0. The molecule has 0 bridgehead atoms. The number of nitrogens with one attached hydrogen (secondary N) is 3. The van der Waals surface area contributed by atoms with E-state index in [0.717, 1.165) is 18.4 Å². The van der Waals surface area contributed by atoms with Crippen molar-refractivity contribution in [2.24, 2.45) is 4.99 Å². The lowest BCUT2D eigenvalue weighted by atomic mass is 9.95. The van der Waals surface area contributed by atoms with Gasteiger partial charge in [0.2, 0.25) is 5.91 Å². The molecule has 0 spiro atoms. The van der Waals surface area contributed by atoms with Gasteiger partial charge in [-0.15, -0.1) is 24.0 Å². The summed E-state index contributed by atoms with van der Waals surface area (Å²) in [6.07, 6.45) is 5.77. The topological polar surface area (TPSA) is 85.8 Å². The van der Waals surface area contributed by atoms with Gasteiger partial charge in [0.1, 0.15) is 12.1 Å². The fourth-order valence-corrected chi connectivity index (χ4v) is 3.17. The second kappa shape index (κ2) is 12.2. The number of rotatable bonds is 7. The first-order valence-corrected chi connectivity index (χ1v) is 9.60. The van der Waals surface area contributed by atoms with Crippen molar-refractivity contribution in [2.45, 2.75) is 57.6 Å². The molecule has 1 aromatic rings. The van der Waals surface area contributed by atoms with Crippen LogP contribution in [0.15, 0.2) is 35.3 Å². The number of amides is 1. The number of guanidine groups is 1. The molecule has 4 N–H and O–H groups in total. The molecule has 0 heterocycles. The van der Waals surface area contributed by atoms with Crippen molar-refractivity contribution in [3.8, 4) is 0 Å². The van der Waals surface area contributed by atoms with E-state index in [-0.39, 0.29) is 36.4 Å². The van der Waals surface area contributed by atoms with Crippen molar-refractivity contribution in [1.29, 1.82) is 0 Å². The van der Waals surface area contributed by atoms with Crippen LogP contribution in [0.3, 0.4) is 0 Å². The molecule has 1 unspecified atom stereocenters. The maximum absolute atomic E-state index is 12.1. The Labute approximate surface area is 179 Å². The van der Waals surface area contributed by atoms with E-state index in [2.05, 4.69) is 20.9 Å². The highest BCUT2D eigenvalue weighted by Gasteiger charge is 2.23. The number of carbonyl (C=O) groups is 1. The van der Waals surface area contributed by atoms with Crippen LogP contribution in [-0.2, 0) is 10.4 Å². The lowest BCUT2D eigenvalue weighted by Gasteiger charge is -2.25. The Morgan fingerprint density at radius 1 is 1.19 bits per heavy atom. The number of nitrogens with zero attached hydrogens (tertiary/aromatic N) is 1. The number of aliphatic imine (C=N–C) groups is 1. The molecule has 1 fully saturated rings. The van der Waals surface area contributed by atoms with Crippen molar-refractivity contribution in [3.05, 3.63) is 35.9 Å². The summed E-state index contributed by atoms with van der Waals surface area (Å²) < 4.78 is 0. The summed E-state index contributed by atoms with van der Waals surface area (Å²) in [6, 6.07) is 9.80. The standard InChI is InChI=1S/C20H32N4O2.HI/c1-3-21-19(22-14-18(25)24-17-12-8-5-9-13-17)23-15-20(2,26)16-10-6-4-7-11-16;/h4,6-7,10-11,17,26H,3,5,8-9,12-15H2,1-2H3,(H,24,25)(H2,21,22,23);1H. The van der Waals surface area contributed by atoms with E-state index in [1.807, 2.05) is 37.3 Å². The molecule has 7 heteroatoms. The smallest absolute Gasteiger partial charge is 0.242 e. The molecule has 1 saturated carbocycles. The van der Waals surface area contributed by atoms with Gasteiger partial charge in [-0.2, -0.15) is 0 Å². The Bertz CT molecular complexity index is 587. The van der Waals surface area contributed by atoms with Crippen molar-refractivity contribution in [3.63, 3.8) is 0 Å². The molecule has 152 valence electrons. The van der Waals surface area contributed by atoms with Crippen molar-refractivity contribution in [1.82, 2.24) is 16.0 Å². The Kier molecular flexibility index (Phi) is 10.7. The monoisotopic (exact) mass is 488 g/mol. The van der Waals surface area contributed by atoms with Crippen LogP contribution < -0.4 is 16.0 Å². The van der Waals surface area contributed by atoms with Gasteiger partial charge in [0.05, 0.1) is 6.54 Å². The lowest BCUT2D eigenvalue weighted by Crippen LogP contribution is -2.45. The van der Waals surface area contributed by atoms with E-state index in [0.29, 0.717) is 25.1 Å². The highest BCUT2D eigenvalue weighted by atomic mass is 127. The Morgan fingerprint density at radius 3 is 2.48 bits per heavy atom. The fraction of sp³-hybridized carbons (Fsp3) is 0.600. The molecule has 27 heavy (non-hydrogen) atoms. The molecule has 1 aliphatic rings. The van der Waals surface area contributed by atoms with Crippen LogP contribution in [0, 0.1) is 0 Å². The normalized spacial score (nSPS) is 17.4. The summed E-state index contributed by atoms with van der Waals surface area (Å²) in [5, 5.41) is 20.0. The predicted molar refractivity (Wildman–Crippen MR) is 120 cm³/mol. The van der Waals surface area contributed by atoms with Gasteiger partial charge in [-0.1, -0.05) is 49.6 Å². The molecule has 1 aliphatic carbocycles. The van der Waals surface area contributed by atoms with Gasteiger partial charge in [-0.25, -0.2) is 4.99 Å². The summed E-state index contributed by atoms with van der Waals surface area (Å²) >= 11 is 0. The molecule has 1 amide bonds. The predicted octanol–water partition coefficient (Wildman–Crippen LogP) is 2.52. The molecule has 0 saturated heterocycles. The van der Waals surface area contributed by atoms with Gasteiger partial charge < -0.3 is 21.1 Å². The van der Waals surface area contributed by atoms with E-state index in [1.165, 1.54) is 19.3 Å². The maximum Gasteiger partial charge on any atom is 0.242 e. The van der Waals surface area contributed by atoms with Gasteiger partial charge in [0.25, 0.3) is 0 Å². The first-order chi connectivity index (χ1) is 12.5. The molecule has 2 rings (SSSR count). The zero-order chi connectivity index (χ0) is 18.8. The fourth-order valence-electron chi connectivity index (χ4n) is 3.17. The average molecular weight is 488 g/mol. The van der Waals surface area contributed by atoms with Crippen LogP contribution in [-0.4, -0.2) is 42.6 Å². The van der Waals surface area contributed by atoms with Crippen molar-refractivity contribution < 1.29 is 9.90 Å². The minimum Gasteiger partial charge on any atom is -0.384 e. The third-order valence-corrected chi connectivity index (χ3v) is 4.69. The summed E-state index contributed by atoms with van der Waals surface area (Å²) in [6.45, 7) is 4.79. The zero-order valence-electron chi connectivity index (χ0n) is 16.3. The van der Waals surface area contributed by atoms with E-state index in [1.54, 1.807) is 6.92 Å². The molecule has 1 aromatic carbocycles. The molecular formula is C20H33IN4O2. The van der Waals surface area contributed by atoms with E-state index in [9.17, 15) is 9.90 Å². The molecule has 1 atom stereocenters. The summed E-state index contributed by atoms with van der Waals surface area (Å²) in [5.41, 5.74) is -0.194. The lowest BCUT2D eigenvalue weighted by molar-refractivity contribution is -0.120. The third-order valence-electron chi connectivity index (χ3n) is 4.69. The SMILES string of the molecule is CCNC(=NCC(=O)NC1CCCCC1)NCC(C)(O)c1ccccc1.I. The quantitative estimate of drug-likeness (QED) is 0.270. The molecule has 0 aromatic heterocycles. The summed E-state index contributed by atoms with van der Waals surface area (Å²) in [5.74, 6) is 0.478. The number of aliphatic hydroxyl groups is 1. The van der Waals surface area contributed by atoms with Gasteiger partial charge in [-0.05, 0) is 32.3 Å². The number of carbonyl (C=O) groups excluding carboxylic acids is 1. The number of benzene rings is 1. The third kappa shape index (κ3) is 8.47. The highest BCUT2D eigenvalue weighted by Crippen LogP contribution is 2.19. The second-order valence-electron chi connectivity index (χ2n) is 7.09. The van der Waals surface area contributed by atoms with Crippen molar-refractivity contribution >= 4 is 35.8 Å². The minimum atomic E-state index is -1.03. The molecule has 0 aliphatic heterocycles. The molecular weight excluding hydrogens is 455 g/mol. The Hall–Kier alpha value is -1.35. The van der Waals surface area contributed by atoms with Crippen LogP contribution in [0.4, 0.5) is 0 Å². The second-order valence-corrected chi connectivity index (χ2v) is 7.09. The molecule has 6 nitrogen and oxygen atoms in total. The van der Waals surface area contributed by atoms with Crippen LogP contribution in [0.5, 0.6) is 0 Å². The average Bonchev–Trinajstić information content (AvgIpc) is 2.65. The largest absolute Gasteiger partial charge is 0.384 e. The van der Waals surface area contributed by atoms with Crippen LogP contribution in [0.2, 0.25) is 0 Å². The Balaban J connectivity index is 0.00000364. The van der Waals surface area contributed by atoms with Gasteiger partial charge in [0, 0.05) is 12.6 Å². The molecule has 0 radical (unpaired) electrons. The number of halogens is 1. The number of hydrogen-bond acceptors (Lipinski definition) is 3. The first kappa shape index (κ1) is 23.7. The maximum atomic E-state index is 12.1. The van der Waals surface area contributed by atoms with Gasteiger partial charge in [-0.3, -0.25) is 4.79 Å². The summed E-state index contributed by atoms with van der Waals surface area (Å²) in [4.78, 5) is 16.5. The first-order valence-electron chi connectivity index (χ1n) is 9.60. The van der Waals surface area contributed by atoms with Crippen molar-refractivity contribution in [2.75, 3.05) is 19.6 Å². The minimum absolute atomic E-state index is 0. The van der Waals surface area contributed by atoms with Gasteiger partial charge in [0.15, 0.2) is 5.96 Å². The van der Waals surface area contributed by atoms with Gasteiger partial charge >= 0.3 is 0 Å². The van der Waals surface area contributed by atoms with Crippen LogP contribution in [0.1, 0.15) is 51.5 Å². The van der Waals surface area contributed by atoms with Crippen LogP contribution in [0.25, 0.3) is 0 Å². The highest BCUT2D eigenvalue weighted by molar-refractivity contribution is 14.0. The number of hydrogen-bond donors (Lipinski definition) is 4. The zero-order valence-corrected chi connectivity index (χ0v) is 18.7. The van der Waals surface area contributed by atoms with E-state index < -0.39 is 5.60 Å². The van der Waals surface area contributed by atoms with E-state index >= 15 is 0 Å². The Morgan fingerprint density at radius 2 is 1.85 bits per heavy atom.